The zero-order valence-corrected chi connectivity index (χ0v) is 12.9. The van der Waals surface area contributed by atoms with Crippen molar-refractivity contribution in [2.45, 2.75) is 32.4 Å². The minimum Gasteiger partial charge on any atom is -0.370 e. The molecule has 0 aliphatic heterocycles. The van der Waals surface area contributed by atoms with Crippen LogP contribution in [0.1, 0.15) is 37.9 Å². The van der Waals surface area contributed by atoms with Crippen LogP contribution in [-0.2, 0) is 0 Å². The lowest BCUT2D eigenvalue weighted by molar-refractivity contribution is 0.507. The van der Waals surface area contributed by atoms with Gasteiger partial charge in [0.25, 0.3) is 0 Å². The summed E-state index contributed by atoms with van der Waals surface area (Å²) < 4.78 is 0. The first-order valence-electron chi connectivity index (χ1n) is 7.17. The first-order chi connectivity index (χ1) is 9.96. The van der Waals surface area contributed by atoms with Gasteiger partial charge in [0.05, 0.1) is 0 Å². The number of rotatable bonds is 3. The van der Waals surface area contributed by atoms with E-state index in [9.17, 15) is 0 Å². The highest BCUT2D eigenvalue weighted by atomic mass is 15.1. The highest BCUT2D eigenvalue weighted by Crippen LogP contribution is 2.25. The van der Waals surface area contributed by atoms with E-state index in [1.165, 1.54) is 0 Å². The Labute approximate surface area is 126 Å². The first kappa shape index (κ1) is 15.1. The third-order valence-corrected chi connectivity index (χ3v) is 3.00. The van der Waals surface area contributed by atoms with Gasteiger partial charge in [0, 0.05) is 5.54 Å². The van der Waals surface area contributed by atoms with Gasteiger partial charge in [-0.25, -0.2) is 4.99 Å². The molecule has 0 fully saturated rings. The highest BCUT2D eigenvalue weighted by Gasteiger charge is 2.15. The Morgan fingerprint density at radius 3 is 1.71 bits per heavy atom. The van der Waals surface area contributed by atoms with Crippen LogP contribution in [0.5, 0.6) is 0 Å². The van der Waals surface area contributed by atoms with E-state index in [4.69, 9.17) is 5.73 Å². The lowest BCUT2D eigenvalue weighted by Crippen LogP contribution is -2.45. The second-order valence-corrected chi connectivity index (χ2v) is 6.11. The fourth-order valence-electron chi connectivity index (χ4n) is 2.17. The summed E-state index contributed by atoms with van der Waals surface area (Å²) >= 11 is 0. The molecule has 0 aromatic heterocycles. The molecule has 110 valence electrons. The molecule has 0 bridgehead atoms. The topological polar surface area (TPSA) is 50.4 Å². The highest BCUT2D eigenvalue weighted by molar-refractivity contribution is 5.79. The summed E-state index contributed by atoms with van der Waals surface area (Å²) in [5.41, 5.74) is 8.22. The van der Waals surface area contributed by atoms with Crippen molar-refractivity contribution in [1.29, 1.82) is 0 Å². The lowest BCUT2D eigenvalue weighted by atomic mass is 9.99. The maximum Gasteiger partial charge on any atom is 0.189 e. The summed E-state index contributed by atoms with van der Waals surface area (Å²) in [7, 11) is 0. The molecule has 2 rings (SSSR count). The Hall–Kier alpha value is -2.29. The molecule has 0 saturated heterocycles. The summed E-state index contributed by atoms with van der Waals surface area (Å²) in [5, 5.41) is 3.22. The molecule has 3 N–H and O–H groups in total. The molecule has 0 aliphatic rings. The van der Waals surface area contributed by atoms with E-state index in [0.29, 0.717) is 5.96 Å². The fourth-order valence-corrected chi connectivity index (χ4v) is 2.17. The maximum absolute atomic E-state index is 6.07. The summed E-state index contributed by atoms with van der Waals surface area (Å²) in [4.78, 5) is 4.69. The number of nitrogens with one attached hydrogen (secondary N) is 1. The molecule has 0 saturated carbocycles. The van der Waals surface area contributed by atoms with Crippen LogP contribution in [-0.4, -0.2) is 11.5 Å². The largest absolute Gasteiger partial charge is 0.370 e. The smallest absolute Gasteiger partial charge is 0.189 e. The maximum atomic E-state index is 6.07. The second-order valence-electron chi connectivity index (χ2n) is 6.11. The fraction of sp³-hybridized carbons (Fsp3) is 0.278. The van der Waals surface area contributed by atoms with Crippen LogP contribution in [0, 0.1) is 0 Å². The van der Waals surface area contributed by atoms with Crippen molar-refractivity contribution in [3.63, 3.8) is 0 Å². The molecule has 0 aliphatic carbocycles. The number of guanidine groups is 1. The van der Waals surface area contributed by atoms with Gasteiger partial charge >= 0.3 is 0 Å². The van der Waals surface area contributed by atoms with Crippen molar-refractivity contribution >= 4 is 5.96 Å². The number of aliphatic imine (C=N–C) groups is 1. The third-order valence-electron chi connectivity index (χ3n) is 3.00. The van der Waals surface area contributed by atoms with Crippen LogP contribution >= 0.6 is 0 Å². The molecule has 0 atom stereocenters. The Balaban J connectivity index is 2.36. The number of nitrogens with zero attached hydrogens (tertiary/aromatic N) is 1. The van der Waals surface area contributed by atoms with Gasteiger partial charge in [0.15, 0.2) is 5.96 Å². The van der Waals surface area contributed by atoms with E-state index >= 15 is 0 Å². The van der Waals surface area contributed by atoms with Gasteiger partial charge in [0.1, 0.15) is 6.04 Å². The molecule has 2 aromatic carbocycles. The molecule has 0 radical (unpaired) electrons. The van der Waals surface area contributed by atoms with Crippen LogP contribution in [0.25, 0.3) is 0 Å². The molecular weight excluding hydrogens is 258 g/mol. The Kier molecular flexibility index (Phi) is 4.63. The van der Waals surface area contributed by atoms with Crippen LogP contribution in [0.2, 0.25) is 0 Å². The number of benzene rings is 2. The predicted molar refractivity (Wildman–Crippen MR) is 89.2 cm³/mol. The molecule has 21 heavy (non-hydrogen) atoms. The monoisotopic (exact) mass is 281 g/mol. The van der Waals surface area contributed by atoms with Gasteiger partial charge in [0.2, 0.25) is 0 Å². The van der Waals surface area contributed by atoms with E-state index in [1.54, 1.807) is 0 Å². The molecule has 3 heteroatoms. The van der Waals surface area contributed by atoms with Crippen molar-refractivity contribution in [3.05, 3.63) is 71.8 Å². The minimum atomic E-state index is -0.106. The number of hydrogen-bond donors (Lipinski definition) is 2. The number of nitrogens with two attached hydrogens (primary N) is 1. The SMILES string of the molecule is CC(C)(C)NC(N)=NC(c1ccccc1)c1ccccc1. The van der Waals surface area contributed by atoms with Crippen molar-refractivity contribution in [2.75, 3.05) is 0 Å². The summed E-state index contributed by atoms with van der Waals surface area (Å²) in [6, 6.07) is 20.3. The van der Waals surface area contributed by atoms with Gasteiger partial charge in [-0.1, -0.05) is 60.7 Å². The third kappa shape index (κ3) is 4.63. The molecule has 0 amide bonds. The molecular formula is C18H23N3. The zero-order chi connectivity index (χ0) is 15.3. The minimum absolute atomic E-state index is 0.0951. The van der Waals surface area contributed by atoms with Crippen LogP contribution in [0.15, 0.2) is 65.7 Å². The molecule has 0 heterocycles. The second kappa shape index (κ2) is 6.44. The van der Waals surface area contributed by atoms with Gasteiger partial charge in [-0.15, -0.1) is 0 Å². The van der Waals surface area contributed by atoms with E-state index in [2.05, 4.69) is 55.3 Å². The summed E-state index contributed by atoms with van der Waals surface area (Å²) in [6.07, 6.45) is 0. The van der Waals surface area contributed by atoms with E-state index < -0.39 is 0 Å². The van der Waals surface area contributed by atoms with Crippen LogP contribution in [0.3, 0.4) is 0 Å². The normalized spacial score (nSPS) is 12.5. The first-order valence-corrected chi connectivity index (χ1v) is 7.17. The van der Waals surface area contributed by atoms with Crippen molar-refractivity contribution < 1.29 is 0 Å². The van der Waals surface area contributed by atoms with Crippen molar-refractivity contribution in [2.24, 2.45) is 10.7 Å². The van der Waals surface area contributed by atoms with Crippen LogP contribution in [0.4, 0.5) is 0 Å². The molecule has 2 aromatic rings. The zero-order valence-electron chi connectivity index (χ0n) is 12.9. The van der Waals surface area contributed by atoms with Crippen molar-refractivity contribution in [1.82, 2.24) is 5.32 Å². The van der Waals surface area contributed by atoms with Crippen molar-refractivity contribution in [3.8, 4) is 0 Å². The van der Waals surface area contributed by atoms with Gasteiger partial charge in [-0.2, -0.15) is 0 Å². The molecule has 0 spiro atoms. The quantitative estimate of drug-likeness (QED) is 0.668. The molecule has 0 unspecified atom stereocenters. The van der Waals surface area contributed by atoms with E-state index in [0.717, 1.165) is 11.1 Å². The van der Waals surface area contributed by atoms with E-state index in [1.807, 2.05) is 36.4 Å². The summed E-state index contributed by atoms with van der Waals surface area (Å²) in [6.45, 7) is 6.19. The molecule has 3 nitrogen and oxygen atoms in total. The van der Waals surface area contributed by atoms with Gasteiger partial charge in [-0.3, -0.25) is 0 Å². The predicted octanol–water partition coefficient (Wildman–Crippen LogP) is 3.48. The summed E-state index contributed by atoms with van der Waals surface area (Å²) in [5.74, 6) is 0.459. The van der Waals surface area contributed by atoms with Gasteiger partial charge < -0.3 is 11.1 Å². The standard InChI is InChI=1S/C18H23N3/c1-18(2,3)21-17(19)20-16(14-10-6-4-7-11-14)15-12-8-5-9-13-15/h4-13,16H,1-3H3,(H3,19,20,21). The van der Waals surface area contributed by atoms with Crippen LogP contribution < -0.4 is 11.1 Å². The average molecular weight is 281 g/mol. The Morgan fingerprint density at radius 1 is 0.905 bits per heavy atom. The number of hydrogen-bond acceptors (Lipinski definition) is 1. The Bertz CT molecular complexity index is 543. The Morgan fingerprint density at radius 2 is 1.33 bits per heavy atom. The average Bonchev–Trinajstić information content (AvgIpc) is 2.45. The lowest BCUT2D eigenvalue weighted by Gasteiger charge is -2.23. The van der Waals surface area contributed by atoms with E-state index in [-0.39, 0.29) is 11.6 Å². The van der Waals surface area contributed by atoms with Gasteiger partial charge in [-0.05, 0) is 31.9 Å².